The quantitative estimate of drug-likeness (QED) is 0.0169. The number of allylic oxidation sites excluding steroid dienone is 4. The largest absolute Gasteiger partial charge is 0.472 e. The first-order valence-electron chi connectivity index (χ1n) is 35.0. The van der Waals surface area contributed by atoms with Crippen LogP contribution in [0.4, 0.5) is 0 Å². The van der Waals surface area contributed by atoms with E-state index in [1.54, 1.807) is 0 Å². The summed E-state index contributed by atoms with van der Waals surface area (Å²) in [5.41, 5.74) is 0. The number of rotatable bonds is 66. The molecule has 0 aromatic heterocycles. The molecule has 0 radical (unpaired) electrons. The normalized spacial score (nSPS) is 14.3. The van der Waals surface area contributed by atoms with Crippen molar-refractivity contribution in [2.45, 2.75) is 342 Å². The van der Waals surface area contributed by atoms with E-state index in [1.165, 1.54) is 122 Å². The number of ether oxygens (including phenoxy) is 4. The van der Waals surface area contributed by atoms with E-state index in [4.69, 9.17) is 37.0 Å². The number of aliphatic hydroxyl groups excluding tert-OH is 1. The van der Waals surface area contributed by atoms with E-state index >= 15 is 0 Å². The van der Waals surface area contributed by atoms with Gasteiger partial charge in [0, 0.05) is 25.7 Å². The van der Waals surface area contributed by atoms with Crippen LogP contribution in [0.5, 0.6) is 0 Å². The smallest absolute Gasteiger partial charge is 0.462 e. The molecule has 2 unspecified atom stereocenters. The van der Waals surface area contributed by atoms with Gasteiger partial charge in [0.05, 0.1) is 26.4 Å². The highest BCUT2D eigenvalue weighted by molar-refractivity contribution is 7.47. The van der Waals surface area contributed by atoms with Crippen molar-refractivity contribution in [3.8, 4) is 0 Å². The fraction of sp³-hybridized carbons (Fsp3) is 0.882. The van der Waals surface area contributed by atoms with E-state index in [0.29, 0.717) is 31.6 Å². The Morgan fingerprint density at radius 2 is 0.621 bits per heavy atom. The summed E-state index contributed by atoms with van der Waals surface area (Å²) in [6, 6.07) is 0. The second-order valence-electron chi connectivity index (χ2n) is 24.4. The van der Waals surface area contributed by atoms with Crippen molar-refractivity contribution < 1.29 is 80.2 Å². The SMILES string of the molecule is CCCCCC/C=C\C=C/CCCCCCCC(=O)O[C@H](COC(=O)CCCCCCCCCCCCCCCCC)COP(=O)(O)OC[C@@H](O)COP(=O)(O)OC[C@@H](COC(=O)CCCCCCCCC)OC(=O)CCCCCCCCCC(C)C. The average molecular weight is 1280 g/mol. The Hall–Kier alpha value is -2.46. The Morgan fingerprint density at radius 1 is 0.356 bits per heavy atom. The zero-order valence-corrected chi connectivity index (χ0v) is 57.4. The molecule has 0 aliphatic rings. The highest BCUT2D eigenvalue weighted by Gasteiger charge is 2.30. The maximum absolute atomic E-state index is 13.0. The van der Waals surface area contributed by atoms with Crippen LogP contribution in [0.2, 0.25) is 0 Å². The first kappa shape index (κ1) is 84.5. The number of phosphoric acid groups is 2. The molecule has 5 atom stereocenters. The van der Waals surface area contributed by atoms with Crippen molar-refractivity contribution >= 4 is 39.5 Å². The topological polar surface area (TPSA) is 237 Å². The minimum Gasteiger partial charge on any atom is -0.462 e. The van der Waals surface area contributed by atoms with Gasteiger partial charge in [-0.15, -0.1) is 0 Å². The van der Waals surface area contributed by atoms with Crippen LogP contribution >= 0.6 is 15.6 Å². The Morgan fingerprint density at radius 3 is 0.943 bits per heavy atom. The highest BCUT2D eigenvalue weighted by Crippen LogP contribution is 2.45. The van der Waals surface area contributed by atoms with E-state index in [-0.39, 0.29) is 25.7 Å². The van der Waals surface area contributed by atoms with Crippen LogP contribution in [0.1, 0.15) is 324 Å². The maximum Gasteiger partial charge on any atom is 0.472 e. The van der Waals surface area contributed by atoms with Crippen LogP contribution in [-0.4, -0.2) is 96.7 Å². The van der Waals surface area contributed by atoms with Crippen molar-refractivity contribution in [2.75, 3.05) is 39.6 Å². The highest BCUT2D eigenvalue weighted by atomic mass is 31.2. The third kappa shape index (κ3) is 62.1. The number of hydrogen-bond acceptors (Lipinski definition) is 15. The number of unbranched alkanes of at least 4 members (excludes halogenated alkanes) is 35. The van der Waals surface area contributed by atoms with Gasteiger partial charge in [-0.05, 0) is 57.3 Å². The van der Waals surface area contributed by atoms with Crippen molar-refractivity contribution in [1.29, 1.82) is 0 Å². The summed E-state index contributed by atoms with van der Waals surface area (Å²) in [5, 5.41) is 10.5. The van der Waals surface area contributed by atoms with Crippen molar-refractivity contribution in [3.05, 3.63) is 24.3 Å². The fourth-order valence-electron chi connectivity index (χ4n) is 9.75. The van der Waals surface area contributed by atoms with E-state index in [2.05, 4.69) is 58.9 Å². The molecule has 0 rings (SSSR count). The number of aliphatic hydroxyl groups is 1. The molecular weight excluding hydrogens is 1150 g/mol. The molecule has 0 saturated carbocycles. The van der Waals surface area contributed by atoms with Gasteiger partial charge in [-0.1, -0.05) is 271 Å². The van der Waals surface area contributed by atoms with Gasteiger partial charge in [0.15, 0.2) is 12.2 Å². The van der Waals surface area contributed by atoms with Crippen LogP contribution in [0, 0.1) is 5.92 Å². The van der Waals surface area contributed by atoms with E-state index in [1.807, 2.05) is 0 Å². The molecule has 0 heterocycles. The lowest BCUT2D eigenvalue weighted by atomic mass is 10.0. The van der Waals surface area contributed by atoms with E-state index in [9.17, 15) is 43.2 Å². The summed E-state index contributed by atoms with van der Waals surface area (Å²) >= 11 is 0. The zero-order valence-electron chi connectivity index (χ0n) is 55.6. The first-order valence-corrected chi connectivity index (χ1v) is 37.9. The average Bonchev–Trinajstić information content (AvgIpc) is 3.66. The number of phosphoric ester groups is 2. The number of carbonyl (C=O) groups excluding carboxylic acids is 4. The zero-order chi connectivity index (χ0) is 64.2. The van der Waals surface area contributed by atoms with Crippen molar-refractivity contribution in [1.82, 2.24) is 0 Å². The third-order valence-corrected chi connectivity index (χ3v) is 17.1. The summed E-state index contributed by atoms with van der Waals surface area (Å²) < 4.78 is 68.0. The Kier molecular flexibility index (Phi) is 59.3. The molecular formula is C68H128O17P2. The van der Waals surface area contributed by atoms with Gasteiger partial charge in [0.1, 0.15) is 19.3 Å². The monoisotopic (exact) mass is 1280 g/mol. The molecule has 0 fully saturated rings. The van der Waals surface area contributed by atoms with E-state index in [0.717, 1.165) is 116 Å². The summed E-state index contributed by atoms with van der Waals surface area (Å²) in [6.45, 7) is 7.06. The van der Waals surface area contributed by atoms with Gasteiger partial charge >= 0.3 is 39.5 Å². The predicted octanol–water partition coefficient (Wildman–Crippen LogP) is 18.9. The van der Waals surface area contributed by atoms with Gasteiger partial charge in [-0.25, -0.2) is 9.13 Å². The molecule has 0 aliphatic heterocycles. The van der Waals surface area contributed by atoms with Gasteiger partial charge in [0.2, 0.25) is 0 Å². The minimum atomic E-state index is -4.96. The van der Waals surface area contributed by atoms with Crippen LogP contribution in [0.25, 0.3) is 0 Å². The number of hydrogen-bond donors (Lipinski definition) is 3. The van der Waals surface area contributed by atoms with Crippen LogP contribution in [0.15, 0.2) is 24.3 Å². The lowest BCUT2D eigenvalue weighted by molar-refractivity contribution is -0.161. The second kappa shape index (κ2) is 61.1. The molecule has 512 valence electrons. The van der Waals surface area contributed by atoms with Gasteiger partial charge in [0.25, 0.3) is 0 Å². The van der Waals surface area contributed by atoms with E-state index < -0.39 is 97.5 Å². The van der Waals surface area contributed by atoms with Crippen LogP contribution < -0.4 is 0 Å². The Labute approximate surface area is 529 Å². The molecule has 3 N–H and O–H groups in total. The number of esters is 4. The minimum absolute atomic E-state index is 0.0854. The lowest BCUT2D eigenvalue weighted by Crippen LogP contribution is -2.30. The standard InChI is InChI=1S/C68H128O17P2/c1-6-9-12-15-18-20-22-24-26-28-30-32-37-42-47-52-66(71)79-58-64(84-67(72)53-48-43-38-33-31-29-27-25-23-21-19-16-13-10-7-2)60-83-87(76,77)81-56-62(69)55-80-86(74,75)82-59-63(57-78-65(70)51-46-41-35-17-14-11-8-3)85-68(73)54-49-44-39-34-36-40-45-50-61(4)5/h21,23,25,27,61-64,69H,6-20,22,24,26,28-60H2,1-5H3,(H,74,75)(H,76,77)/b23-21-,27-25-/t62-,63+,64+/m0/s1. The summed E-state index contributed by atoms with van der Waals surface area (Å²) in [4.78, 5) is 72.3. The summed E-state index contributed by atoms with van der Waals surface area (Å²) in [7, 11) is -9.90. The molecule has 17 nitrogen and oxygen atoms in total. The molecule has 0 spiro atoms. The van der Waals surface area contributed by atoms with Gasteiger partial charge in [-0.3, -0.25) is 37.3 Å². The third-order valence-electron chi connectivity index (χ3n) is 15.2. The molecule has 0 aromatic rings. The molecule has 87 heavy (non-hydrogen) atoms. The first-order chi connectivity index (χ1) is 42.0. The van der Waals surface area contributed by atoms with Crippen molar-refractivity contribution in [2.24, 2.45) is 5.92 Å². The molecule has 0 aromatic carbocycles. The maximum atomic E-state index is 13.0. The molecule has 0 aliphatic carbocycles. The fourth-order valence-corrected chi connectivity index (χ4v) is 11.3. The number of carbonyl (C=O) groups is 4. The summed E-state index contributed by atoms with van der Waals surface area (Å²) in [5.74, 6) is -1.47. The Balaban J connectivity index is 5.24. The second-order valence-corrected chi connectivity index (χ2v) is 27.3. The molecule has 19 heteroatoms. The predicted molar refractivity (Wildman–Crippen MR) is 349 cm³/mol. The van der Waals surface area contributed by atoms with Crippen LogP contribution in [0.3, 0.4) is 0 Å². The van der Waals surface area contributed by atoms with Crippen LogP contribution in [-0.2, 0) is 65.4 Å². The molecule has 0 amide bonds. The Bertz CT molecular complexity index is 1780. The van der Waals surface area contributed by atoms with Gasteiger partial charge in [-0.2, -0.15) is 0 Å². The molecule has 0 saturated heterocycles. The molecule has 0 bridgehead atoms. The van der Waals surface area contributed by atoms with Gasteiger partial charge < -0.3 is 33.8 Å². The van der Waals surface area contributed by atoms with Crippen molar-refractivity contribution in [3.63, 3.8) is 0 Å². The lowest BCUT2D eigenvalue weighted by Gasteiger charge is -2.21. The summed E-state index contributed by atoms with van der Waals surface area (Å²) in [6.07, 6.45) is 49.6.